The largest absolute Gasteiger partial charge is 0.465 e. The molecular formula is C17H22N2O2. The number of para-hydroxylation sites is 1. The molecule has 2 aromatic rings. The van der Waals surface area contributed by atoms with E-state index in [0.717, 1.165) is 29.6 Å². The van der Waals surface area contributed by atoms with Crippen LogP contribution < -0.4 is 0 Å². The Morgan fingerprint density at radius 2 is 2.00 bits per heavy atom. The predicted octanol–water partition coefficient (Wildman–Crippen LogP) is 3.01. The Bertz CT molecular complexity index is 598. The molecule has 0 saturated carbocycles. The molecule has 4 heteroatoms. The van der Waals surface area contributed by atoms with Crippen molar-refractivity contribution in [3.8, 4) is 0 Å². The molecule has 0 fully saturated rings. The van der Waals surface area contributed by atoms with Crippen LogP contribution in [0, 0.1) is 0 Å². The fourth-order valence-electron chi connectivity index (χ4n) is 2.34. The van der Waals surface area contributed by atoms with E-state index >= 15 is 0 Å². The SMILES string of the molecule is CCCN(CC(=O)OCC)Cc1ccc2ccccc2n1. The highest BCUT2D eigenvalue weighted by Crippen LogP contribution is 2.13. The molecule has 0 N–H and O–H groups in total. The zero-order chi connectivity index (χ0) is 15.1. The molecule has 4 nitrogen and oxygen atoms in total. The van der Waals surface area contributed by atoms with E-state index in [4.69, 9.17) is 4.74 Å². The lowest BCUT2D eigenvalue weighted by Gasteiger charge is -2.20. The average molecular weight is 286 g/mol. The van der Waals surface area contributed by atoms with E-state index < -0.39 is 0 Å². The van der Waals surface area contributed by atoms with Crippen molar-refractivity contribution in [2.24, 2.45) is 0 Å². The molecule has 0 aliphatic heterocycles. The lowest BCUT2D eigenvalue weighted by atomic mass is 10.2. The number of aromatic nitrogens is 1. The second kappa shape index (κ2) is 7.74. The molecular weight excluding hydrogens is 264 g/mol. The number of fused-ring (bicyclic) bond motifs is 1. The summed E-state index contributed by atoms with van der Waals surface area (Å²) in [6.07, 6.45) is 0.993. The van der Waals surface area contributed by atoms with E-state index in [-0.39, 0.29) is 5.97 Å². The smallest absolute Gasteiger partial charge is 0.320 e. The first-order valence-electron chi connectivity index (χ1n) is 7.45. The van der Waals surface area contributed by atoms with E-state index in [1.165, 1.54) is 0 Å². The number of benzene rings is 1. The third kappa shape index (κ3) is 4.53. The maximum Gasteiger partial charge on any atom is 0.320 e. The molecule has 0 aliphatic carbocycles. The van der Waals surface area contributed by atoms with Crippen molar-refractivity contribution < 1.29 is 9.53 Å². The van der Waals surface area contributed by atoms with Gasteiger partial charge in [-0.3, -0.25) is 14.7 Å². The minimum absolute atomic E-state index is 0.174. The van der Waals surface area contributed by atoms with Gasteiger partial charge in [0.15, 0.2) is 0 Å². The van der Waals surface area contributed by atoms with Gasteiger partial charge in [0.05, 0.1) is 24.4 Å². The molecule has 21 heavy (non-hydrogen) atoms. The van der Waals surface area contributed by atoms with Crippen LogP contribution in [0.5, 0.6) is 0 Å². The van der Waals surface area contributed by atoms with Gasteiger partial charge in [-0.2, -0.15) is 0 Å². The summed E-state index contributed by atoms with van der Waals surface area (Å²) in [5, 5.41) is 1.13. The van der Waals surface area contributed by atoms with Crippen molar-refractivity contribution in [2.45, 2.75) is 26.8 Å². The topological polar surface area (TPSA) is 42.4 Å². The van der Waals surface area contributed by atoms with Crippen LogP contribution in [0.15, 0.2) is 36.4 Å². The number of pyridine rings is 1. The molecule has 1 aromatic heterocycles. The molecule has 0 atom stereocenters. The van der Waals surface area contributed by atoms with Crippen LogP contribution >= 0.6 is 0 Å². The average Bonchev–Trinajstić information content (AvgIpc) is 2.47. The van der Waals surface area contributed by atoms with Gasteiger partial charge in [-0.25, -0.2) is 0 Å². The Hall–Kier alpha value is -1.94. The van der Waals surface area contributed by atoms with E-state index in [1.54, 1.807) is 0 Å². The number of hydrogen-bond donors (Lipinski definition) is 0. The van der Waals surface area contributed by atoms with Crippen LogP contribution in [0.3, 0.4) is 0 Å². The molecule has 1 aromatic carbocycles. The van der Waals surface area contributed by atoms with Crippen LogP contribution in [-0.4, -0.2) is 35.5 Å². The number of carbonyl (C=O) groups is 1. The normalized spacial score (nSPS) is 11.0. The van der Waals surface area contributed by atoms with Gasteiger partial charge in [-0.15, -0.1) is 0 Å². The van der Waals surface area contributed by atoms with Crippen LogP contribution in [0.25, 0.3) is 10.9 Å². The molecule has 0 spiro atoms. The number of carbonyl (C=O) groups excluding carboxylic acids is 1. The van der Waals surface area contributed by atoms with Crippen molar-refractivity contribution in [3.63, 3.8) is 0 Å². The van der Waals surface area contributed by atoms with Crippen molar-refractivity contribution in [1.82, 2.24) is 9.88 Å². The molecule has 0 unspecified atom stereocenters. The van der Waals surface area contributed by atoms with E-state index in [1.807, 2.05) is 31.2 Å². The van der Waals surface area contributed by atoms with Crippen molar-refractivity contribution in [2.75, 3.05) is 19.7 Å². The number of nitrogens with zero attached hydrogens (tertiary/aromatic N) is 2. The first-order valence-corrected chi connectivity index (χ1v) is 7.45. The van der Waals surface area contributed by atoms with E-state index in [9.17, 15) is 4.79 Å². The van der Waals surface area contributed by atoms with Gasteiger partial charge in [-0.1, -0.05) is 31.2 Å². The third-order valence-corrected chi connectivity index (χ3v) is 3.24. The minimum Gasteiger partial charge on any atom is -0.465 e. The number of ether oxygens (including phenoxy) is 1. The van der Waals surface area contributed by atoms with E-state index in [2.05, 4.69) is 28.9 Å². The maximum atomic E-state index is 11.6. The molecule has 112 valence electrons. The lowest BCUT2D eigenvalue weighted by molar-refractivity contribution is -0.144. The molecule has 0 amide bonds. The van der Waals surface area contributed by atoms with Crippen LogP contribution in [0.2, 0.25) is 0 Å². The Morgan fingerprint density at radius 3 is 2.76 bits per heavy atom. The second-order valence-corrected chi connectivity index (χ2v) is 5.01. The third-order valence-electron chi connectivity index (χ3n) is 3.24. The summed E-state index contributed by atoms with van der Waals surface area (Å²) < 4.78 is 5.03. The summed E-state index contributed by atoms with van der Waals surface area (Å²) in [6.45, 7) is 6.19. The Morgan fingerprint density at radius 1 is 1.19 bits per heavy atom. The fourth-order valence-corrected chi connectivity index (χ4v) is 2.34. The second-order valence-electron chi connectivity index (χ2n) is 5.01. The Kier molecular flexibility index (Phi) is 5.69. The Labute approximate surface area is 125 Å². The fraction of sp³-hybridized carbons (Fsp3) is 0.412. The highest BCUT2D eigenvalue weighted by molar-refractivity contribution is 5.78. The number of esters is 1. The van der Waals surface area contributed by atoms with Crippen LogP contribution in [0.1, 0.15) is 26.0 Å². The zero-order valence-electron chi connectivity index (χ0n) is 12.7. The first-order chi connectivity index (χ1) is 10.2. The zero-order valence-corrected chi connectivity index (χ0v) is 12.7. The van der Waals surface area contributed by atoms with Gasteiger partial charge >= 0.3 is 5.97 Å². The van der Waals surface area contributed by atoms with E-state index in [0.29, 0.717) is 19.7 Å². The number of rotatable bonds is 7. The van der Waals surface area contributed by atoms with Gasteiger partial charge in [-0.05, 0) is 32.0 Å². The number of hydrogen-bond acceptors (Lipinski definition) is 4. The first kappa shape index (κ1) is 15.4. The quantitative estimate of drug-likeness (QED) is 0.734. The minimum atomic E-state index is -0.174. The summed E-state index contributed by atoms with van der Waals surface area (Å²) in [6, 6.07) is 12.2. The highest BCUT2D eigenvalue weighted by Gasteiger charge is 2.12. The van der Waals surface area contributed by atoms with Crippen molar-refractivity contribution >= 4 is 16.9 Å². The monoisotopic (exact) mass is 286 g/mol. The molecule has 2 rings (SSSR count). The van der Waals surface area contributed by atoms with Gasteiger partial charge in [0.25, 0.3) is 0 Å². The van der Waals surface area contributed by atoms with Gasteiger partial charge in [0.2, 0.25) is 0 Å². The molecule has 0 aliphatic rings. The molecule has 1 heterocycles. The summed E-state index contributed by atoms with van der Waals surface area (Å²) >= 11 is 0. The summed E-state index contributed by atoms with van der Waals surface area (Å²) in [5.41, 5.74) is 1.97. The lowest BCUT2D eigenvalue weighted by Crippen LogP contribution is -2.31. The van der Waals surface area contributed by atoms with Crippen LogP contribution in [-0.2, 0) is 16.1 Å². The summed E-state index contributed by atoms with van der Waals surface area (Å²) in [7, 11) is 0. The maximum absolute atomic E-state index is 11.6. The molecule has 0 bridgehead atoms. The Balaban J connectivity index is 2.08. The van der Waals surface area contributed by atoms with Crippen LogP contribution in [0.4, 0.5) is 0 Å². The highest BCUT2D eigenvalue weighted by atomic mass is 16.5. The van der Waals surface area contributed by atoms with Gasteiger partial charge < -0.3 is 4.74 Å². The molecule has 0 saturated heterocycles. The van der Waals surface area contributed by atoms with Crippen molar-refractivity contribution in [1.29, 1.82) is 0 Å². The predicted molar refractivity (Wildman–Crippen MR) is 83.9 cm³/mol. The standard InChI is InChI=1S/C17H22N2O2/c1-3-11-19(13-17(20)21-4-2)12-15-10-9-14-7-5-6-8-16(14)18-15/h5-10H,3-4,11-13H2,1-2H3. The summed E-state index contributed by atoms with van der Waals surface area (Å²) in [4.78, 5) is 18.4. The summed E-state index contributed by atoms with van der Waals surface area (Å²) in [5.74, 6) is -0.174. The van der Waals surface area contributed by atoms with Crippen molar-refractivity contribution in [3.05, 3.63) is 42.1 Å². The van der Waals surface area contributed by atoms with Gasteiger partial charge in [0.1, 0.15) is 0 Å². The van der Waals surface area contributed by atoms with Gasteiger partial charge in [0, 0.05) is 11.9 Å². The molecule has 0 radical (unpaired) electrons.